The summed E-state index contributed by atoms with van der Waals surface area (Å²) in [5.41, 5.74) is 3.29. The molecule has 0 N–H and O–H groups in total. The normalized spacial score (nSPS) is 15.2. The Labute approximate surface area is 122 Å². The Balaban J connectivity index is 2.00. The largest absolute Gasteiger partial charge is 0.302 e. The van der Waals surface area contributed by atoms with Gasteiger partial charge in [-0.25, -0.2) is 4.98 Å². The fourth-order valence-electron chi connectivity index (χ4n) is 2.71. The van der Waals surface area contributed by atoms with E-state index in [1.54, 1.807) is 11.8 Å². The first-order chi connectivity index (χ1) is 9.74. The van der Waals surface area contributed by atoms with Crippen LogP contribution in [0, 0.1) is 0 Å². The molecule has 1 aromatic rings. The minimum Gasteiger partial charge on any atom is -0.302 e. The van der Waals surface area contributed by atoms with Gasteiger partial charge in [-0.1, -0.05) is 31.7 Å². The Morgan fingerprint density at radius 3 is 3.00 bits per heavy atom. The van der Waals surface area contributed by atoms with Gasteiger partial charge >= 0.3 is 0 Å². The Kier molecular flexibility index (Phi) is 2.70. The number of aromatic nitrogens is 4. The second-order valence-corrected chi connectivity index (χ2v) is 6.61. The van der Waals surface area contributed by atoms with Crippen LogP contribution in [-0.4, -0.2) is 25.5 Å². The maximum absolute atomic E-state index is 4.78. The van der Waals surface area contributed by atoms with Gasteiger partial charge in [-0.05, 0) is 30.0 Å². The highest BCUT2D eigenvalue weighted by atomic mass is 32.2. The average Bonchev–Trinajstić information content (AvgIpc) is 2.85. The molecule has 0 amide bonds. The third-order valence-corrected chi connectivity index (χ3v) is 4.91. The Bertz CT molecular complexity index is 762. The molecule has 0 saturated heterocycles. The SMILES string of the molecule is CC(C)c1ccc2nc3n4c(nnc-3c2c1)SCCC4. The van der Waals surface area contributed by atoms with Crippen molar-refractivity contribution in [2.75, 3.05) is 5.75 Å². The molecule has 4 nitrogen and oxygen atoms in total. The van der Waals surface area contributed by atoms with Gasteiger partial charge < -0.3 is 4.57 Å². The van der Waals surface area contributed by atoms with Gasteiger partial charge in [-0.2, -0.15) is 0 Å². The van der Waals surface area contributed by atoms with Gasteiger partial charge in [0.25, 0.3) is 0 Å². The minimum atomic E-state index is 0.512. The lowest BCUT2D eigenvalue weighted by atomic mass is 10.0. The van der Waals surface area contributed by atoms with Crippen molar-refractivity contribution in [1.82, 2.24) is 19.7 Å². The third kappa shape index (κ3) is 1.73. The summed E-state index contributed by atoms with van der Waals surface area (Å²) in [6, 6.07) is 6.49. The fourth-order valence-corrected chi connectivity index (χ4v) is 3.59. The highest BCUT2D eigenvalue weighted by Crippen LogP contribution is 2.34. The summed E-state index contributed by atoms with van der Waals surface area (Å²) in [5.74, 6) is 2.62. The van der Waals surface area contributed by atoms with E-state index in [1.165, 1.54) is 12.0 Å². The van der Waals surface area contributed by atoms with Gasteiger partial charge in [0.05, 0.1) is 5.52 Å². The van der Waals surface area contributed by atoms with Crippen LogP contribution in [0.3, 0.4) is 0 Å². The van der Waals surface area contributed by atoms with Gasteiger partial charge in [0.15, 0.2) is 11.0 Å². The molecule has 3 aliphatic rings. The predicted octanol–water partition coefficient (Wildman–Crippen LogP) is 3.55. The molecule has 5 heteroatoms. The molecular weight excluding hydrogens is 268 g/mol. The van der Waals surface area contributed by atoms with Crippen LogP contribution in [0.2, 0.25) is 0 Å². The van der Waals surface area contributed by atoms with Gasteiger partial charge in [-0.15, -0.1) is 10.2 Å². The smallest absolute Gasteiger partial charge is 0.191 e. The summed E-state index contributed by atoms with van der Waals surface area (Å²) in [5, 5.41) is 10.9. The summed E-state index contributed by atoms with van der Waals surface area (Å²) in [7, 11) is 0. The van der Waals surface area contributed by atoms with Crippen molar-refractivity contribution in [3.63, 3.8) is 0 Å². The number of thioether (sulfide) groups is 1. The maximum atomic E-state index is 4.78. The second kappa shape index (κ2) is 4.45. The zero-order valence-corrected chi connectivity index (χ0v) is 12.4. The van der Waals surface area contributed by atoms with Crippen LogP contribution in [0.5, 0.6) is 0 Å². The van der Waals surface area contributed by atoms with Gasteiger partial charge in [0, 0.05) is 17.7 Å². The molecule has 0 unspecified atom stereocenters. The molecule has 4 rings (SSSR count). The van der Waals surface area contributed by atoms with Crippen LogP contribution in [0.1, 0.15) is 31.7 Å². The Morgan fingerprint density at radius 1 is 1.25 bits per heavy atom. The zero-order valence-electron chi connectivity index (χ0n) is 11.6. The number of hydrogen-bond donors (Lipinski definition) is 0. The Morgan fingerprint density at radius 2 is 2.15 bits per heavy atom. The summed E-state index contributed by atoms with van der Waals surface area (Å²) in [6.45, 7) is 5.41. The molecule has 102 valence electrons. The fraction of sp³-hybridized carbons (Fsp3) is 0.400. The zero-order chi connectivity index (χ0) is 13.7. The van der Waals surface area contributed by atoms with E-state index in [0.29, 0.717) is 5.92 Å². The van der Waals surface area contributed by atoms with Crippen LogP contribution in [0.25, 0.3) is 22.4 Å². The molecule has 0 bridgehead atoms. The first kappa shape index (κ1) is 12.1. The number of hydrogen-bond acceptors (Lipinski definition) is 4. The molecule has 0 aliphatic carbocycles. The molecule has 0 atom stereocenters. The van der Waals surface area contributed by atoms with Crippen LogP contribution in [0.4, 0.5) is 0 Å². The molecule has 0 saturated carbocycles. The van der Waals surface area contributed by atoms with Gasteiger partial charge in [0.1, 0.15) is 5.69 Å². The molecule has 3 aliphatic heterocycles. The third-order valence-electron chi connectivity index (χ3n) is 3.86. The van der Waals surface area contributed by atoms with Crippen molar-refractivity contribution < 1.29 is 0 Å². The van der Waals surface area contributed by atoms with E-state index in [0.717, 1.165) is 39.9 Å². The van der Waals surface area contributed by atoms with Gasteiger partial charge in [-0.3, -0.25) is 0 Å². The standard InChI is InChI=1S/C15H16N4S/c1-9(2)10-4-5-12-11(8-10)13-14(16-12)19-6-3-7-20-15(19)18-17-13/h4-5,8-9H,3,6-7H2,1-2H3. The number of benzene rings is 1. The number of nitrogens with zero attached hydrogens (tertiary/aromatic N) is 4. The van der Waals surface area contributed by atoms with Gasteiger partial charge in [0.2, 0.25) is 0 Å². The monoisotopic (exact) mass is 284 g/mol. The predicted molar refractivity (Wildman–Crippen MR) is 81.4 cm³/mol. The minimum absolute atomic E-state index is 0.512. The van der Waals surface area contributed by atoms with Crippen molar-refractivity contribution in [1.29, 1.82) is 0 Å². The lowest BCUT2D eigenvalue weighted by molar-refractivity contribution is 0.562. The van der Waals surface area contributed by atoms with E-state index in [4.69, 9.17) is 4.98 Å². The summed E-state index contributed by atoms with van der Waals surface area (Å²) in [4.78, 5) is 4.78. The van der Waals surface area contributed by atoms with Crippen molar-refractivity contribution >= 4 is 22.7 Å². The van der Waals surface area contributed by atoms with E-state index < -0.39 is 0 Å². The van der Waals surface area contributed by atoms with Crippen LogP contribution >= 0.6 is 11.8 Å². The second-order valence-electron chi connectivity index (χ2n) is 5.55. The lowest BCUT2D eigenvalue weighted by Gasteiger charge is -2.18. The Hall–Kier alpha value is -1.62. The molecule has 20 heavy (non-hydrogen) atoms. The van der Waals surface area contributed by atoms with Crippen LogP contribution in [-0.2, 0) is 6.54 Å². The van der Waals surface area contributed by atoms with Crippen molar-refractivity contribution in [2.24, 2.45) is 0 Å². The summed E-state index contributed by atoms with van der Waals surface area (Å²) >= 11 is 1.77. The quantitative estimate of drug-likeness (QED) is 0.685. The van der Waals surface area contributed by atoms with E-state index >= 15 is 0 Å². The van der Waals surface area contributed by atoms with Crippen LogP contribution < -0.4 is 0 Å². The van der Waals surface area contributed by atoms with E-state index in [2.05, 4.69) is 46.8 Å². The summed E-state index contributed by atoms with van der Waals surface area (Å²) < 4.78 is 2.21. The van der Waals surface area contributed by atoms with E-state index in [9.17, 15) is 0 Å². The average molecular weight is 284 g/mol. The molecular formula is C15H16N4S. The highest BCUT2D eigenvalue weighted by Gasteiger charge is 2.22. The molecule has 0 radical (unpaired) electrons. The molecule has 1 aromatic carbocycles. The van der Waals surface area contributed by atoms with Crippen molar-refractivity contribution in [2.45, 2.75) is 37.9 Å². The topological polar surface area (TPSA) is 43.6 Å². The van der Waals surface area contributed by atoms with Crippen molar-refractivity contribution in [3.8, 4) is 11.5 Å². The number of rotatable bonds is 1. The van der Waals surface area contributed by atoms with Crippen molar-refractivity contribution in [3.05, 3.63) is 23.8 Å². The van der Waals surface area contributed by atoms with E-state index in [-0.39, 0.29) is 0 Å². The first-order valence-electron chi connectivity index (χ1n) is 7.03. The molecule has 0 fully saturated rings. The molecule has 3 heterocycles. The van der Waals surface area contributed by atoms with E-state index in [1.807, 2.05) is 0 Å². The first-order valence-corrected chi connectivity index (χ1v) is 8.02. The highest BCUT2D eigenvalue weighted by molar-refractivity contribution is 7.99. The molecule has 0 spiro atoms. The van der Waals surface area contributed by atoms with Crippen LogP contribution in [0.15, 0.2) is 23.4 Å². The maximum Gasteiger partial charge on any atom is 0.191 e. The summed E-state index contributed by atoms with van der Waals surface area (Å²) in [6.07, 6.45) is 1.17. The lowest BCUT2D eigenvalue weighted by Crippen LogP contribution is -2.15. The number of fused-ring (bicyclic) bond motifs is 5. The molecule has 0 aromatic heterocycles.